The normalized spacial score (nSPS) is 19.8. The Morgan fingerprint density at radius 3 is 2.08 bits per heavy atom. The Morgan fingerprint density at radius 1 is 1.00 bits per heavy atom. The lowest BCUT2D eigenvalue weighted by molar-refractivity contribution is -0.167. The van der Waals surface area contributed by atoms with Gasteiger partial charge in [0.2, 0.25) is 0 Å². The van der Waals surface area contributed by atoms with Crippen LogP contribution < -0.4 is 24.0 Å². The maximum Gasteiger partial charge on any atom is 0.168 e. The Morgan fingerprint density at radius 2 is 1.62 bits per heavy atom. The third-order valence-electron chi connectivity index (χ3n) is 2.36. The minimum Gasteiger partial charge on any atom is -1.00 e. The zero-order valence-corrected chi connectivity index (χ0v) is 10.8. The highest BCUT2D eigenvalue weighted by Gasteiger charge is 2.34. The Hall–Kier alpha value is 0.650. The summed E-state index contributed by atoms with van der Waals surface area (Å²) < 4.78 is 11.3. The van der Waals surface area contributed by atoms with E-state index in [1.54, 1.807) is 0 Å². The average molecular weight is 299 g/mol. The predicted molar refractivity (Wildman–Crippen MR) is 49.1 cm³/mol. The van der Waals surface area contributed by atoms with Gasteiger partial charge in [0.25, 0.3) is 0 Å². The Kier molecular flexibility index (Phi) is 7.36. The molecule has 1 heterocycles. The van der Waals surface area contributed by atoms with Crippen molar-refractivity contribution in [3.8, 4) is 0 Å². The molecule has 0 spiro atoms. The molecule has 0 aromatic rings. The summed E-state index contributed by atoms with van der Waals surface area (Å²) in [5.74, 6) is -0.204. The number of rotatable bonds is 5. The van der Waals surface area contributed by atoms with Gasteiger partial charge in [-0.25, -0.2) is 0 Å². The van der Waals surface area contributed by atoms with Crippen LogP contribution in [0.2, 0.25) is 0 Å². The summed E-state index contributed by atoms with van der Waals surface area (Å²) in [4.78, 5) is 0. The SMILES string of the molecule is CCCCC1(CCC)OCCO1.[I-]. The van der Waals surface area contributed by atoms with Crippen molar-refractivity contribution in [2.24, 2.45) is 0 Å². The van der Waals surface area contributed by atoms with Gasteiger partial charge in [-0.15, -0.1) is 0 Å². The molecule has 0 saturated carbocycles. The summed E-state index contributed by atoms with van der Waals surface area (Å²) in [5, 5.41) is 0. The first-order valence-electron chi connectivity index (χ1n) is 5.11. The third-order valence-corrected chi connectivity index (χ3v) is 2.36. The molecule has 3 heteroatoms. The average Bonchev–Trinajstić information content (AvgIpc) is 2.51. The van der Waals surface area contributed by atoms with Crippen LogP contribution in [0.15, 0.2) is 0 Å². The van der Waals surface area contributed by atoms with E-state index in [1.165, 1.54) is 12.8 Å². The van der Waals surface area contributed by atoms with Gasteiger partial charge in [0.15, 0.2) is 5.79 Å². The maximum atomic E-state index is 5.66. The van der Waals surface area contributed by atoms with Gasteiger partial charge in [0, 0.05) is 12.8 Å². The van der Waals surface area contributed by atoms with Gasteiger partial charge < -0.3 is 33.5 Å². The van der Waals surface area contributed by atoms with Crippen molar-refractivity contribution >= 4 is 0 Å². The summed E-state index contributed by atoms with van der Waals surface area (Å²) in [7, 11) is 0. The lowest BCUT2D eigenvalue weighted by atomic mass is 10.0. The molecule has 0 unspecified atom stereocenters. The van der Waals surface area contributed by atoms with Gasteiger partial charge in [-0.2, -0.15) is 0 Å². The van der Waals surface area contributed by atoms with E-state index in [0.717, 1.165) is 32.5 Å². The quantitative estimate of drug-likeness (QED) is 0.650. The van der Waals surface area contributed by atoms with E-state index < -0.39 is 0 Å². The summed E-state index contributed by atoms with van der Waals surface area (Å²) in [6.45, 7) is 5.95. The van der Waals surface area contributed by atoms with Crippen LogP contribution in [0.1, 0.15) is 46.0 Å². The standard InChI is InChI=1S/C10H20O2.HI/c1-3-5-7-10(6-4-2)11-8-9-12-10;/h3-9H2,1-2H3;1H/p-1. The second-order valence-corrected chi connectivity index (χ2v) is 3.46. The second-order valence-electron chi connectivity index (χ2n) is 3.46. The molecule has 0 aromatic heterocycles. The zero-order chi connectivity index (χ0) is 8.86. The van der Waals surface area contributed by atoms with Crippen molar-refractivity contribution in [2.45, 2.75) is 51.7 Å². The van der Waals surface area contributed by atoms with E-state index >= 15 is 0 Å². The third kappa shape index (κ3) is 4.13. The second kappa shape index (κ2) is 7.01. The maximum absolute atomic E-state index is 5.66. The first-order chi connectivity index (χ1) is 5.83. The first-order valence-corrected chi connectivity index (χ1v) is 5.11. The number of hydrogen-bond donors (Lipinski definition) is 0. The van der Waals surface area contributed by atoms with Gasteiger partial charge in [-0.1, -0.05) is 26.7 Å². The molecule has 0 radical (unpaired) electrons. The van der Waals surface area contributed by atoms with Gasteiger partial charge in [0.05, 0.1) is 13.2 Å². The lowest BCUT2D eigenvalue weighted by Gasteiger charge is -2.26. The molecular weight excluding hydrogens is 279 g/mol. The fourth-order valence-corrected chi connectivity index (χ4v) is 1.74. The number of halogens is 1. The van der Waals surface area contributed by atoms with Crippen LogP contribution in [0.5, 0.6) is 0 Å². The topological polar surface area (TPSA) is 18.5 Å². The van der Waals surface area contributed by atoms with Crippen LogP contribution in [-0.4, -0.2) is 19.0 Å². The van der Waals surface area contributed by atoms with Crippen molar-refractivity contribution in [1.29, 1.82) is 0 Å². The molecule has 1 fully saturated rings. The zero-order valence-electron chi connectivity index (χ0n) is 8.64. The molecule has 0 atom stereocenters. The monoisotopic (exact) mass is 299 g/mol. The number of unbranched alkanes of at least 4 members (excludes halogenated alkanes) is 1. The van der Waals surface area contributed by atoms with Crippen LogP contribution in [0, 0.1) is 0 Å². The molecule has 1 aliphatic rings. The van der Waals surface area contributed by atoms with Gasteiger partial charge in [-0.05, 0) is 6.42 Å². The predicted octanol–water partition coefficient (Wildman–Crippen LogP) is -0.276. The van der Waals surface area contributed by atoms with Crippen LogP contribution in [-0.2, 0) is 9.47 Å². The largest absolute Gasteiger partial charge is 1.00 e. The van der Waals surface area contributed by atoms with E-state index in [1.807, 2.05) is 0 Å². The summed E-state index contributed by atoms with van der Waals surface area (Å²) in [6.07, 6.45) is 5.69. The van der Waals surface area contributed by atoms with Crippen molar-refractivity contribution < 1.29 is 33.5 Å². The highest BCUT2D eigenvalue weighted by molar-refractivity contribution is 4.73. The molecule has 0 amide bonds. The van der Waals surface area contributed by atoms with Gasteiger partial charge in [-0.3, -0.25) is 0 Å². The van der Waals surface area contributed by atoms with E-state index in [4.69, 9.17) is 9.47 Å². The van der Waals surface area contributed by atoms with E-state index in [0.29, 0.717) is 0 Å². The molecule has 13 heavy (non-hydrogen) atoms. The van der Waals surface area contributed by atoms with Crippen LogP contribution >= 0.6 is 0 Å². The molecular formula is C10H20IO2-. The molecule has 0 aromatic carbocycles. The molecule has 80 valence electrons. The van der Waals surface area contributed by atoms with E-state index in [2.05, 4.69) is 13.8 Å². The Labute approximate surface area is 98.4 Å². The number of ether oxygens (including phenoxy) is 2. The van der Waals surface area contributed by atoms with Crippen molar-refractivity contribution in [3.05, 3.63) is 0 Å². The lowest BCUT2D eigenvalue weighted by Crippen LogP contribution is -3.00. The molecule has 0 aliphatic carbocycles. The fourth-order valence-electron chi connectivity index (χ4n) is 1.74. The summed E-state index contributed by atoms with van der Waals surface area (Å²) >= 11 is 0. The first kappa shape index (κ1) is 13.7. The smallest absolute Gasteiger partial charge is 0.168 e. The number of hydrogen-bond acceptors (Lipinski definition) is 2. The van der Waals surface area contributed by atoms with Gasteiger partial charge in [0.1, 0.15) is 0 Å². The minimum atomic E-state index is -0.204. The molecule has 1 saturated heterocycles. The summed E-state index contributed by atoms with van der Waals surface area (Å²) in [6, 6.07) is 0. The minimum absolute atomic E-state index is 0. The van der Waals surface area contributed by atoms with Crippen LogP contribution in [0.3, 0.4) is 0 Å². The summed E-state index contributed by atoms with van der Waals surface area (Å²) in [5.41, 5.74) is 0. The molecule has 0 N–H and O–H groups in total. The molecule has 1 aliphatic heterocycles. The molecule has 0 bridgehead atoms. The highest BCUT2D eigenvalue weighted by atomic mass is 127. The van der Waals surface area contributed by atoms with E-state index in [9.17, 15) is 0 Å². The molecule has 2 nitrogen and oxygen atoms in total. The van der Waals surface area contributed by atoms with Crippen LogP contribution in [0.25, 0.3) is 0 Å². The van der Waals surface area contributed by atoms with Crippen molar-refractivity contribution in [2.75, 3.05) is 13.2 Å². The Balaban J connectivity index is 0.00000144. The Bertz CT molecular complexity index is 122. The molecule has 1 rings (SSSR count). The van der Waals surface area contributed by atoms with Crippen molar-refractivity contribution in [1.82, 2.24) is 0 Å². The van der Waals surface area contributed by atoms with E-state index in [-0.39, 0.29) is 29.8 Å². The van der Waals surface area contributed by atoms with Crippen LogP contribution in [0.4, 0.5) is 0 Å². The van der Waals surface area contributed by atoms with Crippen molar-refractivity contribution in [3.63, 3.8) is 0 Å². The highest BCUT2D eigenvalue weighted by Crippen LogP contribution is 2.30. The fraction of sp³-hybridized carbons (Fsp3) is 1.00. The van der Waals surface area contributed by atoms with Gasteiger partial charge >= 0.3 is 0 Å².